The van der Waals surface area contributed by atoms with Crippen molar-refractivity contribution in [3.05, 3.63) is 17.3 Å². The zero-order chi connectivity index (χ0) is 12.2. The molecule has 0 atom stereocenters. The van der Waals surface area contributed by atoms with Crippen LogP contribution >= 0.6 is 11.6 Å². The number of hydrazine groups is 1. The molecule has 3 N–H and O–H groups in total. The van der Waals surface area contributed by atoms with Gasteiger partial charge in [0, 0.05) is 17.3 Å². The number of halogens is 1. The molecule has 0 saturated carbocycles. The molecule has 0 aliphatic heterocycles. The number of hydrogen-bond acceptors (Lipinski definition) is 3. The lowest BCUT2D eigenvalue weighted by atomic mass is 10.4. The summed E-state index contributed by atoms with van der Waals surface area (Å²) < 4.78 is 0. The highest BCUT2D eigenvalue weighted by molar-refractivity contribution is 6.93. The summed E-state index contributed by atoms with van der Waals surface area (Å²) in [6.45, 7) is 6.76. The zero-order valence-corrected chi connectivity index (χ0v) is 11.9. The van der Waals surface area contributed by atoms with E-state index >= 15 is 0 Å². The predicted octanol–water partition coefficient (Wildman–Crippen LogP) is 2.74. The molecule has 0 aromatic carbocycles. The van der Waals surface area contributed by atoms with Crippen LogP contribution in [0, 0.1) is 0 Å². The Morgan fingerprint density at radius 1 is 1.31 bits per heavy atom. The SMILES string of the molecule is CC[Si](CC)(CC)c1cnc(NN)cc1Cl. The van der Waals surface area contributed by atoms with Crippen LogP contribution in [-0.2, 0) is 0 Å². The monoisotopic (exact) mass is 257 g/mol. The summed E-state index contributed by atoms with van der Waals surface area (Å²) in [6, 6.07) is 5.43. The summed E-state index contributed by atoms with van der Waals surface area (Å²) in [5.74, 6) is 5.94. The third kappa shape index (κ3) is 2.39. The van der Waals surface area contributed by atoms with E-state index in [1.54, 1.807) is 0 Å². The van der Waals surface area contributed by atoms with Crippen LogP contribution in [0.15, 0.2) is 12.3 Å². The number of hydrogen-bond donors (Lipinski definition) is 2. The Labute approximate surface area is 103 Å². The van der Waals surface area contributed by atoms with E-state index in [1.165, 1.54) is 23.3 Å². The van der Waals surface area contributed by atoms with E-state index < -0.39 is 8.07 Å². The largest absolute Gasteiger partial charge is 0.308 e. The summed E-state index contributed by atoms with van der Waals surface area (Å²) in [4.78, 5) is 4.28. The van der Waals surface area contributed by atoms with Crippen molar-refractivity contribution in [3.63, 3.8) is 0 Å². The number of nitrogens with zero attached hydrogens (tertiary/aromatic N) is 1. The summed E-state index contributed by atoms with van der Waals surface area (Å²) in [5, 5.41) is 2.07. The van der Waals surface area contributed by atoms with E-state index in [9.17, 15) is 0 Å². The van der Waals surface area contributed by atoms with Gasteiger partial charge in [-0.3, -0.25) is 0 Å². The first kappa shape index (κ1) is 13.5. The third-order valence-electron chi connectivity index (χ3n) is 3.60. The molecule has 1 heterocycles. The molecule has 0 unspecified atom stereocenters. The molecular weight excluding hydrogens is 238 g/mol. The molecule has 0 aliphatic rings. The maximum Gasteiger partial charge on any atom is 0.141 e. The van der Waals surface area contributed by atoms with Crippen molar-refractivity contribution in [2.45, 2.75) is 38.9 Å². The van der Waals surface area contributed by atoms with Gasteiger partial charge < -0.3 is 5.43 Å². The Balaban J connectivity index is 3.20. The van der Waals surface area contributed by atoms with Gasteiger partial charge >= 0.3 is 0 Å². The van der Waals surface area contributed by atoms with Gasteiger partial charge in [-0.1, -0.05) is 50.5 Å². The number of nitrogen functional groups attached to an aromatic ring is 1. The van der Waals surface area contributed by atoms with Gasteiger partial charge in [0.1, 0.15) is 5.82 Å². The molecule has 1 aromatic heterocycles. The minimum absolute atomic E-state index is 0.625. The third-order valence-corrected chi connectivity index (χ3v) is 9.68. The lowest BCUT2D eigenvalue weighted by Gasteiger charge is -2.29. The van der Waals surface area contributed by atoms with Gasteiger partial charge in [0.25, 0.3) is 0 Å². The molecule has 1 rings (SSSR count). The minimum Gasteiger partial charge on any atom is -0.308 e. The van der Waals surface area contributed by atoms with Gasteiger partial charge in [-0.2, -0.15) is 0 Å². The second kappa shape index (κ2) is 5.66. The second-order valence-corrected chi connectivity index (χ2v) is 9.66. The number of aromatic nitrogens is 1. The average molecular weight is 258 g/mol. The molecule has 0 bridgehead atoms. The smallest absolute Gasteiger partial charge is 0.141 e. The van der Waals surface area contributed by atoms with Crippen LogP contribution in [0.1, 0.15) is 20.8 Å². The first-order valence-corrected chi connectivity index (χ1v) is 8.76. The lowest BCUT2D eigenvalue weighted by molar-refractivity contribution is 1.18. The Kier molecular flexibility index (Phi) is 4.77. The number of nitrogens with one attached hydrogen (secondary N) is 1. The van der Waals surface area contributed by atoms with E-state index in [-0.39, 0.29) is 0 Å². The molecule has 90 valence electrons. The fourth-order valence-corrected chi connectivity index (χ4v) is 6.53. The number of pyridine rings is 1. The van der Waals surface area contributed by atoms with E-state index in [4.69, 9.17) is 17.4 Å². The van der Waals surface area contributed by atoms with Gasteiger partial charge in [0.15, 0.2) is 0 Å². The predicted molar refractivity (Wildman–Crippen MR) is 73.9 cm³/mol. The van der Waals surface area contributed by atoms with Gasteiger partial charge in [-0.25, -0.2) is 10.8 Å². The molecule has 0 fully saturated rings. The Morgan fingerprint density at radius 2 is 1.88 bits per heavy atom. The maximum atomic E-state index is 6.33. The highest BCUT2D eigenvalue weighted by atomic mass is 35.5. The molecule has 0 aliphatic carbocycles. The highest BCUT2D eigenvalue weighted by Crippen LogP contribution is 2.24. The van der Waals surface area contributed by atoms with Crippen molar-refractivity contribution in [1.29, 1.82) is 0 Å². The van der Waals surface area contributed by atoms with Crippen molar-refractivity contribution in [1.82, 2.24) is 4.98 Å². The standard InChI is InChI=1S/C11H20ClN3Si/c1-4-16(5-2,6-3)10-8-14-11(15-13)7-9(10)12/h7-8H,4-6,13H2,1-3H3,(H,14,15). The molecule has 0 spiro atoms. The highest BCUT2D eigenvalue weighted by Gasteiger charge is 2.31. The van der Waals surface area contributed by atoms with Crippen molar-refractivity contribution < 1.29 is 0 Å². The average Bonchev–Trinajstić information content (AvgIpc) is 2.33. The Morgan fingerprint density at radius 3 is 2.25 bits per heavy atom. The van der Waals surface area contributed by atoms with Crippen LogP contribution in [0.3, 0.4) is 0 Å². The number of rotatable bonds is 5. The molecule has 0 amide bonds. The number of anilines is 1. The summed E-state index contributed by atoms with van der Waals surface area (Å²) in [6.07, 6.45) is 1.90. The van der Waals surface area contributed by atoms with E-state index in [0.717, 1.165) is 5.02 Å². The van der Waals surface area contributed by atoms with Crippen LogP contribution in [-0.4, -0.2) is 13.1 Å². The van der Waals surface area contributed by atoms with Gasteiger partial charge in [0.05, 0.1) is 8.07 Å². The fraction of sp³-hybridized carbons (Fsp3) is 0.545. The van der Waals surface area contributed by atoms with Crippen LogP contribution in [0.25, 0.3) is 0 Å². The Bertz CT molecular complexity index is 345. The second-order valence-electron chi connectivity index (χ2n) is 4.03. The van der Waals surface area contributed by atoms with Crippen LogP contribution in [0.5, 0.6) is 0 Å². The molecular formula is C11H20ClN3Si. The van der Waals surface area contributed by atoms with Gasteiger partial charge in [-0.15, -0.1) is 0 Å². The van der Waals surface area contributed by atoms with E-state index in [2.05, 4.69) is 31.2 Å². The van der Waals surface area contributed by atoms with Crippen LogP contribution in [0.4, 0.5) is 5.82 Å². The maximum absolute atomic E-state index is 6.33. The summed E-state index contributed by atoms with van der Waals surface area (Å²) in [7, 11) is -1.44. The minimum atomic E-state index is -1.44. The van der Waals surface area contributed by atoms with E-state index in [0.29, 0.717) is 5.82 Å². The van der Waals surface area contributed by atoms with Crippen molar-refractivity contribution in [2.75, 3.05) is 5.43 Å². The Hall–Kier alpha value is -0.583. The molecule has 16 heavy (non-hydrogen) atoms. The summed E-state index contributed by atoms with van der Waals surface area (Å²) >= 11 is 6.33. The first-order chi connectivity index (χ1) is 7.63. The molecule has 0 radical (unpaired) electrons. The summed E-state index contributed by atoms with van der Waals surface area (Å²) in [5.41, 5.74) is 2.52. The van der Waals surface area contributed by atoms with Crippen molar-refractivity contribution >= 4 is 30.7 Å². The first-order valence-electron chi connectivity index (χ1n) is 5.76. The van der Waals surface area contributed by atoms with Crippen LogP contribution in [0.2, 0.25) is 23.2 Å². The molecule has 0 saturated heterocycles. The van der Waals surface area contributed by atoms with Gasteiger partial charge in [-0.05, 0) is 5.19 Å². The quantitative estimate of drug-likeness (QED) is 0.485. The fourth-order valence-electron chi connectivity index (χ4n) is 2.22. The van der Waals surface area contributed by atoms with E-state index in [1.807, 2.05) is 12.3 Å². The number of nitrogens with two attached hydrogens (primary N) is 1. The van der Waals surface area contributed by atoms with Crippen molar-refractivity contribution in [2.24, 2.45) is 5.84 Å². The molecule has 3 nitrogen and oxygen atoms in total. The normalized spacial score (nSPS) is 11.6. The van der Waals surface area contributed by atoms with Crippen LogP contribution < -0.4 is 16.5 Å². The zero-order valence-electron chi connectivity index (χ0n) is 10.2. The van der Waals surface area contributed by atoms with Crippen molar-refractivity contribution in [3.8, 4) is 0 Å². The topological polar surface area (TPSA) is 50.9 Å². The molecule has 1 aromatic rings. The lowest BCUT2D eigenvalue weighted by Crippen LogP contribution is -2.46. The van der Waals surface area contributed by atoms with Gasteiger partial charge in [0.2, 0.25) is 0 Å². The molecule has 5 heteroatoms.